The van der Waals surface area contributed by atoms with Gasteiger partial charge >= 0.3 is 0 Å². The molecule has 342 valence electrons. The number of allylic oxidation sites excluding steroid dienone is 23. The van der Waals surface area contributed by atoms with Crippen molar-refractivity contribution in [2.75, 3.05) is 6.61 Å². The normalized spacial score (nSPS) is 14.2. The zero-order valence-electron chi connectivity index (χ0n) is 39.1. The molecule has 0 heterocycles. The summed E-state index contributed by atoms with van der Waals surface area (Å²) in [6.45, 7) is 4.09. The standard InChI is InChI=1S/C57H91NO3/c1-3-5-7-9-11-13-14-15-16-17-18-19-20-21-22-23-24-25-26-27-28-29-30-31-32-33-34-35-36-37-38-39-40-41-42-43-44-45-47-49-51-53-57(61)58-55(54-59)56(60)52-50-48-46-12-10-8-6-4-2/h5,7,10-13,15-16,18-19,21-22,24-25,27-28,30-31,33-34,36-37,50,52,55-56,59-60H,3-4,6,8-9,14,17,20,23,26,29,32,35,38-49,51,53-54H2,1-2H3,(H,58,61)/b7-5-,12-10+,13-11-,16-15-,19-18-,22-21-,25-24-,28-27-,31-30-,34-33-,37-36-,52-50+. The van der Waals surface area contributed by atoms with Gasteiger partial charge in [-0.05, 0) is 103 Å². The van der Waals surface area contributed by atoms with E-state index in [-0.39, 0.29) is 12.5 Å². The molecule has 0 aliphatic heterocycles. The van der Waals surface area contributed by atoms with E-state index in [9.17, 15) is 15.0 Å². The largest absolute Gasteiger partial charge is 0.394 e. The van der Waals surface area contributed by atoms with Crippen molar-refractivity contribution in [1.29, 1.82) is 0 Å². The van der Waals surface area contributed by atoms with E-state index in [0.717, 1.165) is 103 Å². The fraction of sp³-hybridized carbons (Fsp3) is 0.561. The molecule has 0 aliphatic rings. The Kier molecular flexibility index (Phi) is 47.5. The predicted molar refractivity (Wildman–Crippen MR) is 271 cm³/mol. The van der Waals surface area contributed by atoms with Gasteiger partial charge in [-0.2, -0.15) is 0 Å². The second-order valence-electron chi connectivity index (χ2n) is 15.8. The highest BCUT2D eigenvalue weighted by Gasteiger charge is 2.17. The number of carbonyl (C=O) groups excluding carboxylic acids is 1. The smallest absolute Gasteiger partial charge is 0.220 e. The van der Waals surface area contributed by atoms with Gasteiger partial charge in [0.05, 0.1) is 18.8 Å². The molecule has 4 heteroatoms. The monoisotopic (exact) mass is 838 g/mol. The minimum Gasteiger partial charge on any atom is -0.394 e. The highest BCUT2D eigenvalue weighted by molar-refractivity contribution is 5.76. The van der Waals surface area contributed by atoms with E-state index in [1.807, 2.05) is 6.08 Å². The minimum absolute atomic E-state index is 0.0899. The summed E-state index contributed by atoms with van der Waals surface area (Å²) in [6.07, 6.45) is 81.4. The Morgan fingerprint density at radius 3 is 1.15 bits per heavy atom. The Bertz CT molecular complexity index is 1320. The maximum atomic E-state index is 12.3. The first-order valence-electron chi connectivity index (χ1n) is 24.5. The maximum Gasteiger partial charge on any atom is 0.220 e. The molecule has 0 aromatic heterocycles. The number of hydrogen-bond acceptors (Lipinski definition) is 3. The molecular weight excluding hydrogens is 747 g/mol. The van der Waals surface area contributed by atoms with Crippen molar-refractivity contribution in [2.24, 2.45) is 0 Å². The SMILES string of the molecule is CC/C=C\C/C=C\C/C=C\C/C=C\C/C=C\C/C=C\C/C=C\C/C=C\C/C=C\C/C=C\CCCCCCCCCCCCC(=O)NC(CO)C(O)/C=C/CC/C=C/CCCC. The van der Waals surface area contributed by atoms with E-state index in [2.05, 4.69) is 153 Å². The lowest BCUT2D eigenvalue weighted by Gasteiger charge is -2.19. The number of aliphatic hydroxyl groups is 2. The van der Waals surface area contributed by atoms with Crippen LogP contribution in [0.3, 0.4) is 0 Å². The lowest BCUT2D eigenvalue weighted by molar-refractivity contribution is -0.123. The Morgan fingerprint density at radius 1 is 0.410 bits per heavy atom. The second-order valence-corrected chi connectivity index (χ2v) is 15.8. The third-order valence-electron chi connectivity index (χ3n) is 10.1. The molecule has 4 nitrogen and oxygen atoms in total. The van der Waals surface area contributed by atoms with E-state index in [4.69, 9.17) is 0 Å². The average molecular weight is 838 g/mol. The van der Waals surface area contributed by atoms with Crippen LogP contribution in [0.4, 0.5) is 0 Å². The molecule has 61 heavy (non-hydrogen) atoms. The first-order valence-corrected chi connectivity index (χ1v) is 24.5. The van der Waals surface area contributed by atoms with Crippen LogP contribution in [-0.4, -0.2) is 34.9 Å². The first kappa shape index (κ1) is 57.3. The van der Waals surface area contributed by atoms with Gasteiger partial charge in [0.1, 0.15) is 0 Å². The quantitative estimate of drug-likeness (QED) is 0.0424. The molecule has 0 saturated heterocycles. The fourth-order valence-corrected chi connectivity index (χ4v) is 6.32. The zero-order chi connectivity index (χ0) is 44.2. The van der Waals surface area contributed by atoms with Crippen molar-refractivity contribution in [2.45, 2.75) is 199 Å². The molecule has 0 fully saturated rings. The number of aliphatic hydroxyl groups excluding tert-OH is 2. The third-order valence-corrected chi connectivity index (χ3v) is 10.1. The summed E-state index contributed by atoms with van der Waals surface area (Å²) in [5, 5.41) is 22.8. The van der Waals surface area contributed by atoms with E-state index in [0.29, 0.717) is 6.42 Å². The van der Waals surface area contributed by atoms with Crippen molar-refractivity contribution in [1.82, 2.24) is 5.32 Å². The molecule has 0 aromatic rings. The summed E-state index contributed by atoms with van der Waals surface area (Å²) in [5.74, 6) is -0.0899. The molecular formula is C57H91NO3. The summed E-state index contributed by atoms with van der Waals surface area (Å²) in [6, 6.07) is -0.648. The van der Waals surface area contributed by atoms with Gasteiger partial charge in [-0.15, -0.1) is 0 Å². The van der Waals surface area contributed by atoms with E-state index >= 15 is 0 Å². The van der Waals surface area contributed by atoms with E-state index < -0.39 is 12.1 Å². The molecule has 3 N–H and O–H groups in total. The summed E-state index contributed by atoms with van der Waals surface area (Å²) in [5.41, 5.74) is 0. The molecule has 0 rings (SSSR count). The summed E-state index contributed by atoms with van der Waals surface area (Å²) < 4.78 is 0. The number of amides is 1. The molecule has 0 radical (unpaired) electrons. The Labute approximate surface area is 376 Å². The summed E-state index contributed by atoms with van der Waals surface area (Å²) >= 11 is 0. The van der Waals surface area contributed by atoms with Crippen LogP contribution >= 0.6 is 0 Å². The number of nitrogens with one attached hydrogen (secondary N) is 1. The van der Waals surface area contributed by atoms with Crippen LogP contribution in [0.15, 0.2) is 146 Å². The lowest BCUT2D eigenvalue weighted by atomic mass is 10.0. The molecule has 2 unspecified atom stereocenters. The lowest BCUT2D eigenvalue weighted by Crippen LogP contribution is -2.45. The van der Waals surface area contributed by atoms with Crippen molar-refractivity contribution in [3.8, 4) is 0 Å². The molecule has 0 spiro atoms. The first-order chi connectivity index (χ1) is 30.2. The van der Waals surface area contributed by atoms with Crippen molar-refractivity contribution >= 4 is 5.91 Å². The minimum atomic E-state index is -0.870. The molecule has 2 atom stereocenters. The number of unbranched alkanes of at least 4 members (excludes halogenated alkanes) is 13. The van der Waals surface area contributed by atoms with Crippen molar-refractivity contribution in [3.05, 3.63) is 146 Å². The Hall–Kier alpha value is -3.73. The van der Waals surface area contributed by atoms with Crippen LogP contribution in [0.5, 0.6) is 0 Å². The zero-order valence-corrected chi connectivity index (χ0v) is 39.1. The van der Waals surface area contributed by atoms with Gasteiger partial charge in [0.25, 0.3) is 0 Å². The molecule has 1 amide bonds. The van der Waals surface area contributed by atoms with Crippen LogP contribution in [0.25, 0.3) is 0 Å². The molecule has 0 saturated carbocycles. The highest BCUT2D eigenvalue weighted by Crippen LogP contribution is 2.13. The van der Waals surface area contributed by atoms with E-state index in [1.54, 1.807) is 6.08 Å². The second kappa shape index (κ2) is 50.6. The maximum absolute atomic E-state index is 12.3. The third kappa shape index (κ3) is 47.2. The van der Waals surface area contributed by atoms with Gasteiger partial charge < -0.3 is 15.5 Å². The topological polar surface area (TPSA) is 69.6 Å². The van der Waals surface area contributed by atoms with Gasteiger partial charge in [-0.3, -0.25) is 4.79 Å². The van der Waals surface area contributed by atoms with Gasteiger partial charge in [-0.25, -0.2) is 0 Å². The van der Waals surface area contributed by atoms with Crippen molar-refractivity contribution in [3.63, 3.8) is 0 Å². The molecule has 0 bridgehead atoms. The Morgan fingerprint density at radius 2 is 0.738 bits per heavy atom. The van der Waals surface area contributed by atoms with Gasteiger partial charge in [0.15, 0.2) is 0 Å². The summed E-state index contributed by atoms with van der Waals surface area (Å²) in [7, 11) is 0. The number of carbonyl (C=O) groups is 1. The van der Waals surface area contributed by atoms with Gasteiger partial charge in [0.2, 0.25) is 5.91 Å². The predicted octanol–water partition coefficient (Wildman–Crippen LogP) is 16.1. The average Bonchev–Trinajstić information content (AvgIpc) is 3.26. The van der Waals surface area contributed by atoms with Gasteiger partial charge in [-0.1, -0.05) is 224 Å². The van der Waals surface area contributed by atoms with Crippen LogP contribution in [-0.2, 0) is 4.79 Å². The Balaban J connectivity index is 3.62. The number of hydrogen-bond donors (Lipinski definition) is 3. The summed E-state index contributed by atoms with van der Waals surface area (Å²) in [4.78, 5) is 12.3. The van der Waals surface area contributed by atoms with Crippen LogP contribution in [0.2, 0.25) is 0 Å². The molecule has 0 aromatic carbocycles. The van der Waals surface area contributed by atoms with Gasteiger partial charge in [0, 0.05) is 6.42 Å². The molecule has 0 aliphatic carbocycles. The fourth-order valence-electron chi connectivity index (χ4n) is 6.32. The van der Waals surface area contributed by atoms with Crippen molar-refractivity contribution < 1.29 is 15.0 Å². The van der Waals surface area contributed by atoms with Crippen LogP contribution in [0, 0.1) is 0 Å². The highest BCUT2D eigenvalue weighted by atomic mass is 16.3. The van der Waals surface area contributed by atoms with Crippen LogP contribution in [0.1, 0.15) is 187 Å². The number of rotatable bonds is 42. The van der Waals surface area contributed by atoms with Crippen LogP contribution < -0.4 is 5.32 Å². The van der Waals surface area contributed by atoms with E-state index in [1.165, 1.54) is 64.2 Å².